The van der Waals surface area contributed by atoms with Gasteiger partial charge in [-0.15, -0.1) is 0 Å². The summed E-state index contributed by atoms with van der Waals surface area (Å²) in [6.07, 6.45) is 1.93. The number of hydrogen-bond acceptors (Lipinski definition) is 2. The van der Waals surface area contributed by atoms with Crippen molar-refractivity contribution in [3.8, 4) is 0 Å². The number of furan rings is 1. The molecule has 0 saturated carbocycles. The number of rotatable bonds is 3. The van der Waals surface area contributed by atoms with Gasteiger partial charge in [0.15, 0.2) is 16.3 Å². The number of halogens is 3. The summed E-state index contributed by atoms with van der Waals surface area (Å²) in [5.41, 5.74) is 7.40. The van der Waals surface area contributed by atoms with Gasteiger partial charge in [-0.05, 0) is 46.1 Å². The van der Waals surface area contributed by atoms with Gasteiger partial charge in [0, 0.05) is 11.6 Å². The molecule has 0 fully saturated rings. The molecule has 2 aromatic rings. The summed E-state index contributed by atoms with van der Waals surface area (Å²) in [5.74, 6) is -1.72. The van der Waals surface area contributed by atoms with Crippen molar-refractivity contribution in [3.63, 3.8) is 0 Å². The molecule has 0 aliphatic heterocycles. The first-order chi connectivity index (χ1) is 8.08. The van der Waals surface area contributed by atoms with E-state index in [1.165, 1.54) is 12.3 Å². The molecule has 0 aliphatic rings. The summed E-state index contributed by atoms with van der Waals surface area (Å²) in [6.45, 7) is 0. The van der Waals surface area contributed by atoms with E-state index in [0.717, 1.165) is 17.7 Å². The van der Waals surface area contributed by atoms with Gasteiger partial charge in [0.2, 0.25) is 0 Å². The van der Waals surface area contributed by atoms with Gasteiger partial charge in [0.1, 0.15) is 0 Å². The molecule has 17 heavy (non-hydrogen) atoms. The molecule has 0 amide bonds. The monoisotopic (exact) mass is 301 g/mol. The van der Waals surface area contributed by atoms with Gasteiger partial charge in [0.25, 0.3) is 0 Å². The minimum atomic E-state index is -0.860. The fourth-order valence-corrected chi connectivity index (χ4v) is 2.13. The highest BCUT2D eigenvalue weighted by Crippen LogP contribution is 2.25. The number of hydrogen-bond donors (Lipinski definition) is 1. The molecule has 0 spiro atoms. The third-order valence-corrected chi connectivity index (χ3v) is 3.13. The average molecular weight is 302 g/mol. The predicted molar refractivity (Wildman–Crippen MR) is 63.4 cm³/mol. The lowest BCUT2D eigenvalue weighted by atomic mass is 10.0. The smallest absolute Gasteiger partial charge is 0.173 e. The van der Waals surface area contributed by atoms with Crippen LogP contribution in [0.25, 0.3) is 0 Å². The van der Waals surface area contributed by atoms with E-state index in [9.17, 15) is 8.78 Å². The third kappa shape index (κ3) is 2.73. The lowest BCUT2D eigenvalue weighted by Gasteiger charge is -2.10. The zero-order valence-corrected chi connectivity index (χ0v) is 10.4. The van der Waals surface area contributed by atoms with Crippen molar-refractivity contribution in [1.29, 1.82) is 0 Å². The summed E-state index contributed by atoms with van der Waals surface area (Å²) < 4.78 is 31.4. The molecule has 1 aromatic heterocycles. The zero-order valence-electron chi connectivity index (χ0n) is 8.79. The number of benzene rings is 1. The maximum absolute atomic E-state index is 13.0. The molecule has 0 aliphatic carbocycles. The van der Waals surface area contributed by atoms with Crippen LogP contribution in [0.5, 0.6) is 0 Å². The predicted octanol–water partition coefficient (Wildman–Crippen LogP) is 3.56. The van der Waals surface area contributed by atoms with E-state index in [1.807, 2.05) is 0 Å². The second-order valence-electron chi connectivity index (χ2n) is 3.71. The Bertz CT molecular complexity index is 527. The Morgan fingerprint density at radius 3 is 2.59 bits per heavy atom. The highest BCUT2D eigenvalue weighted by Gasteiger charge is 2.14. The van der Waals surface area contributed by atoms with Gasteiger partial charge in [0.05, 0.1) is 6.26 Å². The Morgan fingerprint density at radius 2 is 2.00 bits per heavy atom. The molecule has 1 atom stereocenters. The molecule has 1 aromatic carbocycles. The van der Waals surface area contributed by atoms with Crippen molar-refractivity contribution in [1.82, 2.24) is 0 Å². The molecule has 5 heteroatoms. The Balaban J connectivity index is 2.16. The summed E-state index contributed by atoms with van der Waals surface area (Å²) in [5, 5.41) is 0. The maximum Gasteiger partial charge on any atom is 0.173 e. The second-order valence-corrected chi connectivity index (χ2v) is 4.43. The van der Waals surface area contributed by atoms with E-state index in [-0.39, 0.29) is 6.04 Å². The number of nitrogens with two attached hydrogens (primary N) is 1. The second kappa shape index (κ2) is 4.98. The van der Waals surface area contributed by atoms with Gasteiger partial charge in [-0.2, -0.15) is 0 Å². The average Bonchev–Trinajstić information content (AvgIpc) is 2.70. The normalized spacial score (nSPS) is 12.7. The highest BCUT2D eigenvalue weighted by molar-refractivity contribution is 9.10. The van der Waals surface area contributed by atoms with Gasteiger partial charge in [-0.25, -0.2) is 8.78 Å². The van der Waals surface area contributed by atoms with Crippen molar-refractivity contribution in [3.05, 3.63) is 58.0 Å². The lowest BCUT2D eigenvalue weighted by molar-refractivity contribution is 0.505. The molecule has 0 saturated heterocycles. The van der Waals surface area contributed by atoms with Crippen LogP contribution < -0.4 is 5.73 Å². The van der Waals surface area contributed by atoms with Crippen LogP contribution in [-0.2, 0) is 6.42 Å². The van der Waals surface area contributed by atoms with Gasteiger partial charge >= 0.3 is 0 Å². The summed E-state index contributed by atoms with van der Waals surface area (Å²) in [7, 11) is 0. The standard InChI is InChI=1S/C12H10BrF2NO/c13-12-8(3-4-17-12)11(16)6-7-1-2-9(14)10(15)5-7/h1-5,11H,6,16H2. The zero-order chi connectivity index (χ0) is 12.4. The van der Waals surface area contributed by atoms with E-state index >= 15 is 0 Å². The van der Waals surface area contributed by atoms with Crippen LogP contribution >= 0.6 is 15.9 Å². The van der Waals surface area contributed by atoms with Gasteiger partial charge in [-0.3, -0.25) is 0 Å². The molecule has 0 radical (unpaired) electrons. The molecular formula is C12H10BrF2NO. The molecule has 1 unspecified atom stereocenters. The van der Waals surface area contributed by atoms with Crippen LogP contribution in [0.4, 0.5) is 8.78 Å². The topological polar surface area (TPSA) is 39.2 Å². The van der Waals surface area contributed by atoms with Crippen molar-refractivity contribution >= 4 is 15.9 Å². The lowest BCUT2D eigenvalue weighted by Crippen LogP contribution is -2.13. The largest absolute Gasteiger partial charge is 0.457 e. The van der Waals surface area contributed by atoms with E-state index in [0.29, 0.717) is 16.7 Å². The van der Waals surface area contributed by atoms with Crippen LogP contribution in [0.1, 0.15) is 17.2 Å². The molecular weight excluding hydrogens is 292 g/mol. The molecule has 2 rings (SSSR count). The van der Waals surface area contributed by atoms with Crippen LogP contribution in [0.15, 0.2) is 39.6 Å². The van der Waals surface area contributed by atoms with Crippen LogP contribution in [-0.4, -0.2) is 0 Å². The summed E-state index contributed by atoms with van der Waals surface area (Å²) >= 11 is 3.23. The first kappa shape index (κ1) is 12.3. The fraction of sp³-hybridized carbons (Fsp3) is 0.167. The Labute approximate surface area is 106 Å². The van der Waals surface area contributed by atoms with Crippen molar-refractivity contribution in [2.45, 2.75) is 12.5 Å². The van der Waals surface area contributed by atoms with Crippen LogP contribution in [0, 0.1) is 11.6 Å². The fourth-order valence-electron chi connectivity index (χ4n) is 1.60. The van der Waals surface area contributed by atoms with Crippen molar-refractivity contribution in [2.75, 3.05) is 0 Å². The SMILES string of the molecule is NC(Cc1ccc(F)c(F)c1)c1ccoc1Br. The first-order valence-electron chi connectivity index (χ1n) is 5.00. The molecule has 0 bridgehead atoms. The highest BCUT2D eigenvalue weighted by atomic mass is 79.9. The maximum atomic E-state index is 13.0. The summed E-state index contributed by atoms with van der Waals surface area (Å²) in [6, 6.07) is 5.19. The molecule has 1 heterocycles. The third-order valence-electron chi connectivity index (χ3n) is 2.49. The Hall–Kier alpha value is -1.20. The first-order valence-corrected chi connectivity index (χ1v) is 5.79. The molecule has 2 nitrogen and oxygen atoms in total. The summed E-state index contributed by atoms with van der Waals surface area (Å²) in [4.78, 5) is 0. The Kier molecular flexibility index (Phi) is 3.59. The quantitative estimate of drug-likeness (QED) is 0.941. The molecule has 2 N–H and O–H groups in total. The molecule has 90 valence electrons. The minimum absolute atomic E-state index is 0.326. The van der Waals surface area contributed by atoms with E-state index in [2.05, 4.69) is 15.9 Å². The van der Waals surface area contributed by atoms with Crippen molar-refractivity contribution in [2.24, 2.45) is 5.73 Å². The Morgan fingerprint density at radius 1 is 1.24 bits per heavy atom. The minimum Gasteiger partial charge on any atom is -0.457 e. The van der Waals surface area contributed by atoms with E-state index in [4.69, 9.17) is 10.2 Å². The van der Waals surface area contributed by atoms with Crippen LogP contribution in [0.2, 0.25) is 0 Å². The van der Waals surface area contributed by atoms with E-state index < -0.39 is 11.6 Å². The van der Waals surface area contributed by atoms with E-state index in [1.54, 1.807) is 6.07 Å². The van der Waals surface area contributed by atoms with Crippen molar-refractivity contribution < 1.29 is 13.2 Å². The van der Waals surface area contributed by atoms with Gasteiger partial charge in [-0.1, -0.05) is 6.07 Å². The van der Waals surface area contributed by atoms with Gasteiger partial charge < -0.3 is 10.2 Å². The van der Waals surface area contributed by atoms with Crippen LogP contribution in [0.3, 0.4) is 0 Å².